The Balaban J connectivity index is 1.51. The van der Waals surface area contributed by atoms with Gasteiger partial charge in [-0.2, -0.15) is 0 Å². The first-order valence-electron chi connectivity index (χ1n) is 8.95. The molecule has 5 rings (SSSR count). The maximum absolute atomic E-state index is 11.9. The number of esters is 1. The molecule has 8 unspecified atom stereocenters. The van der Waals surface area contributed by atoms with Crippen molar-refractivity contribution in [1.82, 2.24) is 0 Å². The lowest BCUT2D eigenvalue weighted by Crippen LogP contribution is -2.60. The lowest BCUT2D eigenvalue weighted by Gasteiger charge is -2.58. The van der Waals surface area contributed by atoms with Gasteiger partial charge in [-0.1, -0.05) is 13.8 Å². The summed E-state index contributed by atoms with van der Waals surface area (Å²) in [6.07, 6.45) is 6.08. The van der Waals surface area contributed by atoms with Gasteiger partial charge in [-0.25, -0.2) is 4.79 Å². The van der Waals surface area contributed by atoms with Gasteiger partial charge in [0.1, 0.15) is 5.60 Å². The van der Waals surface area contributed by atoms with E-state index in [1.54, 1.807) is 0 Å². The number of ether oxygens (including phenoxy) is 2. The van der Waals surface area contributed by atoms with Crippen LogP contribution in [0.25, 0.3) is 0 Å². The topological polar surface area (TPSA) is 59.1 Å². The van der Waals surface area contributed by atoms with E-state index in [1.165, 1.54) is 0 Å². The van der Waals surface area contributed by atoms with E-state index in [-0.39, 0.29) is 34.6 Å². The Morgan fingerprint density at radius 1 is 1.09 bits per heavy atom. The van der Waals surface area contributed by atoms with Crippen molar-refractivity contribution in [3.05, 3.63) is 0 Å². The van der Waals surface area contributed by atoms with E-state index >= 15 is 0 Å². The van der Waals surface area contributed by atoms with Gasteiger partial charge in [0.25, 0.3) is 0 Å². The van der Waals surface area contributed by atoms with Crippen LogP contribution in [0.5, 0.6) is 0 Å². The van der Waals surface area contributed by atoms with Gasteiger partial charge < -0.3 is 14.6 Å². The van der Waals surface area contributed by atoms with E-state index in [4.69, 9.17) is 9.47 Å². The monoisotopic (exact) mass is 306 g/mol. The third kappa shape index (κ3) is 1.32. The zero-order valence-corrected chi connectivity index (χ0v) is 13.5. The molecule has 0 aromatic carbocycles. The number of fused-ring (bicyclic) bond motifs is 4. The molecule has 4 nitrogen and oxygen atoms in total. The Bertz CT molecular complexity index is 547. The number of carbonyl (C=O) groups excluding carboxylic acids is 1. The van der Waals surface area contributed by atoms with Crippen LogP contribution in [0.1, 0.15) is 52.4 Å². The number of epoxide rings is 1. The number of rotatable bonds is 0. The summed E-state index contributed by atoms with van der Waals surface area (Å²) in [5.74, 6) is 1.72. The summed E-state index contributed by atoms with van der Waals surface area (Å²) < 4.78 is 11.5. The largest absolute Gasteiger partial charge is 0.463 e. The standard InChI is InChI=1S/C18H26O4/c1-16-7-6-12-10(11(16)3-4-13(16)19)5-8-18-14(22-18)15(20)21-9-17(12,18)2/h10-14,19H,3-9H2,1-2H3. The molecule has 0 aromatic heterocycles. The zero-order chi connectivity index (χ0) is 15.3. The summed E-state index contributed by atoms with van der Waals surface area (Å²) >= 11 is 0. The molecule has 8 atom stereocenters. The van der Waals surface area contributed by atoms with Crippen LogP contribution in [-0.2, 0) is 14.3 Å². The molecule has 5 aliphatic rings. The minimum Gasteiger partial charge on any atom is -0.463 e. The Kier molecular flexibility index (Phi) is 2.44. The number of hydrogen-bond acceptors (Lipinski definition) is 4. The maximum Gasteiger partial charge on any atom is 0.338 e. The molecular weight excluding hydrogens is 280 g/mol. The zero-order valence-electron chi connectivity index (χ0n) is 13.5. The van der Waals surface area contributed by atoms with Crippen LogP contribution >= 0.6 is 0 Å². The highest BCUT2D eigenvalue weighted by molar-refractivity contribution is 5.81. The fourth-order valence-electron chi connectivity index (χ4n) is 7.00. The van der Waals surface area contributed by atoms with Crippen LogP contribution < -0.4 is 0 Å². The fourth-order valence-corrected chi connectivity index (χ4v) is 7.00. The van der Waals surface area contributed by atoms with Crippen molar-refractivity contribution in [2.75, 3.05) is 6.61 Å². The minimum atomic E-state index is -0.297. The first kappa shape index (κ1) is 13.8. The van der Waals surface area contributed by atoms with Gasteiger partial charge >= 0.3 is 5.97 Å². The molecule has 22 heavy (non-hydrogen) atoms. The molecule has 4 heteroatoms. The Morgan fingerprint density at radius 3 is 2.73 bits per heavy atom. The van der Waals surface area contributed by atoms with Crippen molar-refractivity contribution >= 4 is 5.97 Å². The van der Waals surface area contributed by atoms with Gasteiger partial charge in [-0.05, 0) is 61.7 Å². The SMILES string of the molecule is CC12CCC3C(CCC45OC4C(=O)OCC35C)C1CCC2O. The molecule has 3 saturated carbocycles. The summed E-state index contributed by atoms with van der Waals surface area (Å²) in [4.78, 5) is 11.9. The van der Waals surface area contributed by atoms with Gasteiger partial charge in [-0.15, -0.1) is 0 Å². The van der Waals surface area contributed by atoms with E-state index in [0.717, 1.165) is 38.5 Å². The van der Waals surface area contributed by atoms with Crippen LogP contribution in [0.2, 0.25) is 0 Å². The van der Waals surface area contributed by atoms with Gasteiger partial charge in [0.05, 0.1) is 12.7 Å². The first-order chi connectivity index (χ1) is 10.4. The molecule has 3 aliphatic carbocycles. The average molecular weight is 306 g/mol. The number of carbonyl (C=O) groups is 1. The van der Waals surface area contributed by atoms with E-state index in [9.17, 15) is 9.90 Å². The second kappa shape index (κ2) is 3.89. The van der Waals surface area contributed by atoms with Crippen molar-refractivity contribution in [2.45, 2.75) is 70.2 Å². The quantitative estimate of drug-likeness (QED) is 0.551. The van der Waals surface area contributed by atoms with Crippen molar-refractivity contribution in [3.63, 3.8) is 0 Å². The van der Waals surface area contributed by atoms with Crippen LogP contribution in [0, 0.1) is 28.6 Å². The van der Waals surface area contributed by atoms with Crippen molar-refractivity contribution in [1.29, 1.82) is 0 Å². The second-order valence-corrected chi connectivity index (χ2v) is 8.97. The molecule has 122 valence electrons. The van der Waals surface area contributed by atoms with E-state index < -0.39 is 0 Å². The lowest BCUT2D eigenvalue weighted by atomic mass is 9.47. The van der Waals surface area contributed by atoms with Gasteiger partial charge in [0, 0.05) is 5.41 Å². The molecule has 2 saturated heterocycles. The second-order valence-electron chi connectivity index (χ2n) is 8.97. The predicted molar refractivity (Wildman–Crippen MR) is 79.0 cm³/mol. The molecule has 0 bridgehead atoms. The number of aliphatic hydroxyl groups excluding tert-OH is 1. The molecule has 0 radical (unpaired) electrons. The molecule has 0 aromatic rings. The number of cyclic esters (lactones) is 1. The highest BCUT2D eigenvalue weighted by Crippen LogP contribution is 2.70. The van der Waals surface area contributed by atoms with Gasteiger partial charge in [-0.3, -0.25) is 0 Å². The van der Waals surface area contributed by atoms with Crippen LogP contribution in [0.15, 0.2) is 0 Å². The van der Waals surface area contributed by atoms with Crippen LogP contribution in [0.4, 0.5) is 0 Å². The summed E-state index contributed by atoms with van der Waals surface area (Å²) in [6, 6.07) is 0. The highest BCUT2D eigenvalue weighted by atomic mass is 16.7. The van der Waals surface area contributed by atoms with Gasteiger partial charge in [0.2, 0.25) is 0 Å². The van der Waals surface area contributed by atoms with Crippen LogP contribution in [-0.4, -0.2) is 35.5 Å². The highest BCUT2D eigenvalue weighted by Gasteiger charge is 2.78. The van der Waals surface area contributed by atoms with E-state index in [1.807, 2.05) is 0 Å². The molecule has 0 amide bonds. The predicted octanol–water partition coefficient (Wildman–Crippen LogP) is 2.28. The molecule has 5 fully saturated rings. The maximum atomic E-state index is 11.9. The summed E-state index contributed by atoms with van der Waals surface area (Å²) in [5, 5.41) is 10.5. The van der Waals surface area contributed by atoms with Gasteiger partial charge in [0.15, 0.2) is 6.10 Å². The third-order valence-corrected chi connectivity index (χ3v) is 8.44. The molecule has 2 heterocycles. The Hall–Kier alpha value is -0.610. The summed E-state index contributed by atoms with van der Waals surface area (Å²) in [6.45, 7) is 5.12. The van der Waals surface area contributed by atoms with Crippen molar-refractivity contribution < 1.29 is 19.4 Å². The molecule has 2 aliphatic heterocycles. The molecular formula is C18H26O4. The Morgan fingerprint density at radius 2 is 1.91 bits per heavy atom. The van der Waals surface area contributed by atoms with E-state index in [0.29, 0.717) is 24.4 Å². The van der Waals surface area contributed by atoms with Crippen molar-refractivity contribution in [2.24, 2.45) is 28.6 Å². The van der Waals surface area contributed by atoms with E-state index in [2.05, 4.69) is 13.8 Å². The number of hydrogen-bond donors (Lipinski definition) is 1. The lowest BCUT2D eigenvalue weighted by molar-refractivity contribution is -0.171. The van der Waals surface area contributed by atoms with Crippen LogP contribution in [0.3, 0.4) is 0 Å². The smallest absolute Gasteiger partial charge is 0.338 e. The molecule has 1 spiro atoms. The summed E-state index contributed by atoms with van der Waals surface area (Å²) in [5.41, 5.74) is -0.144. The number of aliphatic hydroxyl groups is 1. The average Bonchev–Trinajstić information content (AvgIpc) is 3.17. The Labute approximate surface area is 131 Å². The third-order valence-electron chi connectivity index (χ3n) is 8.44. The first-order valence-corrected chi connectivity index (χ1v) is 8.95. The van der Waals surface area contributed by atoms with Crippen molar-refractivity contribution in [3.8, 4) is 0 Å². The normalized spacial score (nSPS) is 62.3. The fraction of sp³-hybridized carbons (Fsp3) is 0.944. The summed E-state index contributed by atoms with van der Waals surface area (Å²) in [7, 11) is 0. The minimum absolute atomic E-state index is 0.0244. The molecule has 1 N–H and O–H groups in total.